The zero-order valence-corrected chi connectivity index (χ0v) is 13.6. The Hall–Kier alpha value is -2.90. The summed E-state index contributed by atoms with van der Waals surface area (Å²) < 4.78 is 0. The highest BCUT2D eigenvalue weighted by atomic mass is 16.4. The summed E-state index contributed by atoms with van der Waals surface area (Å²) in [6, 6.07) is 7.87. The summed E-state index contributed by atoms with van der Waals surface area (Å²) >= 11 is 0. The number of hydrogen-bond acceptors (Lipinski definition) is 5. The number of rotatable bonds is 7. The van der Waals surface area contributed by atoms with Gasteiger partial charge >= 0.3 is 5.97 Å². The zero-order valence-electron chi connectivity index (χ0n) is 13.6. The molecule has 0 saturated heterocycles. The van der Waals surface area contributed by atoms with E-state index in [2.05, 4.69) is 15.7 Å². The van der Waals surface area contributed by atoms with Crippen molar-refractivity contribution < 1.29 is 19.5 Å². The first-order chi connectivity index (χ1) is 12.0. The van der Waals surface area contributed by atoms with Crippen molar-refractivity contribution in [1.29, 1.82) is 0 Å². The van der Waals surface area contributed by atoms with Gasteiger partial charge in [-0.15, -0.1) is 0 Å². The Labute approximate surface area is 144 Å². The third-order valence-electron chi connectivity index (χ3n) is 4.17. The quantitative estimate of drug-likeness (QED) is 0.661. The highest BCUT2D eigenvalue weighted by Gasteiger charge is 2.36. The molecule has 1 atom stereocenters. The maximum Gasteiger partial charge on any atom is 0.328 e. The molecule has 0 spiro atoms. The monoisotopic (exact) mass is 344 g/mol. The van der Waals surface area contributed by atoms with Gasteiger partial charge in [-0.1, -0.05) is 18.2 Å². The molecule has 1 unspecified atom stereocenters. The molecule has 0 radical (unpaired) electrons. The van der Waals surface area contributed by atoms with Crippen LogP contribution in [0.4, 0.5) is 5.69 Å². The number of carboxylic acid groups (broad SMARTS) is 1. The molecule has 2 amide bonds. The Morgan fingerprint density at radius 3 is 2.52 bits per heavy atom. The van der Waals surface area contributed by atoms with Gasteiger partial charge in [0, 0.05) is 13.0 Å². The Morgan fingerprint density at radius 2 is 1.88 bits per heavy atom. The molecule has 2 aliphatic rings. The smallest absolute Gasteiger partial charge is 0.328 e. The Balaban J connectivity index is 1.59. The largest absolute Gasteiger partial charge is 0.480 e. The van der Waals surface area contributed by atoms with E-state index in [9.17, 15) is 19.5 Å². The average molecular weight is 344 g/mol. The molecule has 132 valence electrons. The second kappa shape index (κ2) is 7.33. The molecule has 0 aromatic heterocycles. The summed E-state index contributed by atoms with van der Waals surface area (Å²) in [6.07, 6.45) is 2.25. The SMILES string of the molecule is O=C(CNC(=O)C1=NN(c2ccccc2)C(C(=O)O)C1)NCC1CC1. The van der Waals surface area contributed by atoms with Crippen molar-refractivity contribution >= 4 is 29.2 Å². The van der Waals surface area contributed by atoms with Crippen LogP contribution in [-0.4, -0.2) is 47.7 Å². The summed E-state index contributed by atoms with van der Waals surface area (Å²) in [5.74, 6) is -1.27. The molecule has 1 aliphatic carbocycles. The van der Waals surface area contributed by atoms with Crippen molar-refractivity contribution in [3.63, 3.8) is 0 Å². The molecule has 1 aromatic carbocycles. The average Bonchev–Trinajstić information content (AvgIpc) is 3.33. The predicted molar refractivity (Wildman–Crippen MR) is 91.1 cm³/mol. The van der Waals surface area contributed by atoms with Gasteiger partial charge in [-0.2, -0.15) is 5.10 Å². The van der Waals surface area contributed by atoms with E-state index in [1.165, 1.54) is 5.01 Å². The first-order valence-electron chi connectivity index (χ1n) is 8.24. The maximum absolute atomic E-state index is 12.2. The Kier molecular flexibility index (Phi) is 4.97. The Morgan fingerprint density at radius 1 is 1.16 bits per heavy atom. The van der Waals surface area contributed by atoms with Crippen LogP contribution in [0.2, 0.25) is 0 Å². The minimum absolute atomic E-state index is 0.0141. The number of benzene rings is 1. The number of hydrazone groups is 1. The Bertz CT molecular complexity index is 700. The van der Waals surface area contributed by atoms with Crippen LogP contribution < -0.4 is 15.6 Å². The number of para-hydroxylation sites is 1. The maximum atomic E-state index is 12.2. The summed E-state index contributed by atoms with van der Waals surface area (Å²) in [5, 5.41) is 20.1. The van der Waals surface area contributed by atoms with E-state index < -0.39 is 17.9 Å². The fourth-order valence-electron chi connectivity index (χ4n) is 2.56. The first-order valence-corrected chi connectivity index (χ1v) is 8.24. The number of nitrogens with zero attached hydrogens (tertiary/aromatic N) is 2. The number of hydrogen-bond donors (Lipinski definition) is 3. The lowest BCUT2D eigenvalue weighted by Crippen LogP contribution is -2.40. The van der Waals surface area contributed by atoms with Crippen molar-refractivity contribution in [2.24, 2.45) is 11.0 Å². The second-order valence-corrected chi connectivity index (χ2v) is 6.22. The summed E-state index contributed by atoms with van der Waals surface area (Å²) in [7, 11) is 0. The second-order valence-electron chi connectivity index (χ2n) is 6.22. The van der Waals surface area contributed by atoms with Gasteiger partial charge in [-0.25, -0.2) is 4.79 Å². The molecule has 1 saturated carbocycles. The van der Waals surface area contributed by atoms with E-state index in [4.69, 9.17) is 0 Å². The predicted octanol–water partition coefficient (Wildman–Crippen LogP) is 0.348. The molecule has 8 nitrogen and oxygen atoms in total. The van der Waals surface area contributed by atoms with Gasteiger partial charge < -0.3 is 15.7 Å². The van der Waals surface area contributed by atoms with E-state index in [1.54, 1.807) is 24.3 Å². The molecule has 1 heterocycles. The fourth-order valence-corrected chi connectivity index (χ4v) is 2.56. The van der Waals surface area contributed by atoms with Crippen LogP contribution in [0.1, 0.15) is 19.3 Å². The van der Waals surface area contributed by atoms with Gasteiger partial charge in [0.25, 0.3) is 5.91 Å². The van der Waals surface area contributed by atoms with Crippen LogP contribution >= 0.6 is 0 Å². The van der Waals surface area contributed by atoms with Crippen LogP contribution in [0.3, 0.4) is 0 Å². The van der Waals surface area contributed by atoms with E-state index in [0.717, 1.165) is 12.8 Å². The van der Waals surface area contributed by atoms with E-state index in [0.29, 0.717) is 18.2 Å². The van der Waals surface area contributed by atoms with Crippen molar-refractivity contribution in [1.82, 2.24) is 10.6 Å². The van der Waals surface area contributed by atoms with Gasteiger partial charge in [0.2, 0.25) is 5.91 Å². The van der Waals surface area contributed by atoms with Gasteiger partial charge in [0.1, 0.15) is 5.71 Å². The van der Waals surface area contributed by atoms with Crippen molar-refractivity contribution in [3.8, 4) is 0 Å². The molecule has 3 N–H and O–H groups in total. The van der Waals surface area contributed by atoms with Crippen LogP contribution in [0.5, 0.6) is 0 Å². The minimum Gasteiger partial charge on any atom is -0.480 e. The van der Waals surface area contributed by atoms with Crippen molar-refractivity contribution in [3.05, 3.63) is 30.3 Å². The van der Waals surface area contributed by atoms with Gasteiger partial charge in [0.15, 0.2) is 6.04 Å². The molecule has 1 fully saturated rings. The number of anilines is 1. The standard InChI is InChI=1S/C17H20N4O4/c22-15(18-9-11-6-7-11)10-19-16(23)13-8-14(17(24)25)21(20-13)12-4-2-1-3-5-12/h1-5,11,14H,6-10H2,(H,18,22)(H,19,23)(H,24,25). The number of aliphatic carboxylic acids is 1. The van der Waals surface area contributed by atoms with E-state index in [-0.39, 0.29) is 24.6 Å². The van der Waals surface area contributed by atoms with Crippen LogP contribution in [-0.2, 0) is 14.4 Å². The van der Waals surface area contributed by atoms with E-state index in [1.807, 2.05) is 6.07 Å². The van der Waals surface area contributed by atoms with Gasteiger partial charge in [-0.3, -0.25) is 14.6 Å². The number of amides is 2. The minimum atomic E-state index is -1.06. The molecular weight excluding hydrogens is 324 g/mol. The summed E-state index contributed by atoms with van der Waals surface area (Å²) in [4.78, 5) is 35.4. The molecule has 25 heavy (non-hydrogen) atoms. The molecule has 1 aliphatic heterocycles. The van der Waals surface area contributed by atoms with Crippen LogP contribution in [0, 0.1) is 5.92 Å². The van der Waals surface area contributed by atoms with Crippen molar-refractivity contribution in [2.45, 2.75) is 25.3 Å². The lowest BCUT2D eigenvalue weighted by atomic mass is 10.1. The highest BCUT2D eigenvalue weighted by molar-refractivity contribution is 6.40. The highest BCUT2D eigenvalue weighted by Crippen LogP contribution is 2.27. The number of carboxylic acids is 1. The lowest BCUT2D eigenvalue weighted by molar-refractivity contribution is -0.138. The number of carbonyl (C=O) groups is 3. The summed E-state index contributed by atoms with van der Waals surface area (Å²) in [6.45, 7) is 0.492. The summed E-state index contributed by atoms with van der Waals surface area (Å²) in [5.41, 5.74) is 0.700. The molecule has 1 aromatic rings. The number of carbonyl (C=O) groups excluding carboxylic acids is 2. The van der Waals surface area contributed by atoms with E-state index >= 15 is 0 Å². The topological polar surface area (TPSA) is 111 Å². The first kappa shape index (κ1) is 16.9. The number of nitrogens with one attached hydrogen (secondary N) is 2. The third-order valence-corrected chi connectivity index (χ3v) is 4.17. The third kappa shape index (κ3) is 4.34. The van der Waals surface area contributed by atoms with Gasteiger partial charge in [0.05, 0.1) is 12.2 Å². The van der Waals surface area contributed by atoms with Gasteiger partial charge in [-0.05, 0) is 30.9 Å². The zero-order chi connectivity index (χ0) is 17.8. The fraction of sp³-hybridized carbons (Fsp3) is 0.412. The molecular formula is C17H20N4O4. The van der Waals surface area contributed by atoms with Crippen LogP contribution in [0.25, 0.3) is 0 Å². The molecule has 8 heteroatoms. The molecule has 3 rings (SSSR count). The normalized spacial score (nSPS) is 19.3. The molecule has 0 bridgehead atoms. The van der Waals surface area contributed by atoms with Crippen molar-refractivity contribution in [2.75, 3.05) is 18.1 Å². The van der Waals surface area contributed by atoms with Crippen LogP contribution in [0.15, 0.2) is 35.4 Å². The lowest BCUT2D eigenvalue weighted by Gasteiger charge is -2.19.